The second kappa shape index (κ2) is 11.5. The molecular weight excluding hydrogens is 487 g/mol. The number of ether oxygens (including phenoxy) is 2. The highest BCUT2D eigenvalue weighted by Gasteiger charge is 2.16. The number of methoxy groups -OCH3 is 2. The van der Waals surface area contributed by atoms with Crippen molar-refractivity contribution in [1.82, 2.24) is 15.5 Å². The van der Waals surface area contributed by atoms with Gasteiger partial charge in [-0.1, -0.05) is 0 Å². The highest BCUT2D eigenvalue weighted by molar-refractivity contribution is 14.0. The van der Waals surface area contributed by atoms with Crippen LogP contribution in [0.25, 0.3) is 0 Å². The lowest BCUT2D eigenvalue weighted by atomic mass is 10.1. The molecule has 0 atom stereocenters. The van der Waals surface area contributed by atoms with E-state index in [2.05, 4.69) is 32.0 Å². The van der Waals surface area contributed by atoms with E-state index in [0.717, 1.165) is 55.6 Å². The molecule has 8 heteroatoms. The number of guanidine groups is 1. The molecule has 0 radical (unpaired) electrons. The van der Waals surface area contributed by atoms with Crippen molar-refractivity contribution in [1.29, 1.82) is 0 Å². The average Bonchev–Trinajstić information content (AvgIpc) is 3.18. The van der Waals surface area contributed by atoms with Gasteiger partial charge < -0.3 is 20.1 Å². The van der Waals surface area contributed by atoms with E-state index < -0.39 is 0 Å². The molecule has 28 heavy (non-hydrogen) atoms. The van der Waals surface area contributed by atoms with Crippen molar-refractivity contribution in [3.63, 3.8) is 0 Å². The van der Waals surface area contributed by atoms with Crippen LogP contribution in [0.2, 0.25) is 0 Å². The van der Waals surface area contributed by atoms with Gasteiger partial charge in [-0.2, -0.15) is 0 Å². The predicted molar refractivity (Wildman–Crippen MR) is 126 cm³/mol. The Kier molecular flexibility index (Phi) is 9.33. The van der Waals surface area contributed by atoms with E-state index in [1.807, 2.05) is 29.5 Å². The van der Waals surface area contributed by atoms with Gasteiger partial charge in [0.1, 0.15) is 11.5 Å². The summed E-state index contributed by atoms with van der Waals surface area (Å²) in [5, 5.41) is 8.95. The first-order chi connectivity index (χ1) is 13.2. The van der Waals surface area contributed by atoms with Gasteiger partial charge in [-0.25, -0.2) is 0 Å². The second-order valence-electron chi connectivity index (χ2n) is 6.43. The van der Waals surface area contributed by atoms with Crippen molar-refractivity contribution in [2.75, 3.05) is 40.9 Å². The first-order valence-corrected chi connectivity index (χ1v) is 10.0. The molecule has 1 aromatic heterocycles. The Labute approximate surface area is 188 Å². The molecule has 2 aromatic rings. The number of halogens is 1. The third-order valence-electron chi connectivity index (χ3n) is 4.77. The molecule has 0 unspecified atom stereocenters. The second-order valence-corrected chi connectivity index (χ2v) is 7.43. The van der Waals surface area contributed by atoms with Crippen molar-refractivity contribution < 1.29 is 9.47 Å². The first-order valence-electron chi connectivity index (χ1n) is 9.16. The number of thiophene rings is 1. The summed E-state index contributed by atoms with van der Waals surface area (Å²) in [7, 11) is 5.11. The molecule has 1 aliphatic heterocycles. The highest BCUT2D eigenvalue weighted by Crippen LogP contribution is 2.24. The quantitative estimate of drug-likeness (QED) is 0.337. The number of rotatable bonds is 7. The highest BCUT2D eigenvalue weighted by atomic mass is 127. The van der Waals surface area contributed by atoms with Crippen LogP contribution in [0, 0.1) is 0 Å². The van der Waals surface area contributed by atoms with Crippen LogP contribution in [-0.2, 0) is 19.5 Å². The third-order valence-corrected chi connectivity index (χ3v) is 5.79. The Bertz CT molecular complexity index is 781. The van der Waals surface area contributed by atoms with Gasteiger partial charge in [0, 0.05) is 56.3 Å². The van der Waals surface area contributed by atoms with Crippen molar-refractivity contribution >= 4 is 41.3 Å². The van der Waals surface area contributed by atoms with Crippen LogP contribution in [0.15, 0.2) is 34.6 Å². The van der Waals surface area contributed by atoms with Crippen LogP contribution in [0.4, 0.5) is 0 Å². The summed E-state index contributed by atoms with van der Waals surface area (Å²) in [4.78, 5) is 8.35. The topological polar surface area (TPSA) is 58.1 Å². The first kappa shape index (κ1) is 22.8. The summed E-state index contributed by atoms with van der Waals surface area (Å²) in [5.74, 6) is 2.38. The van der Waals surface area contributed by atoms with Gasteiger partial charge >= 0.3 is 0 Å². The van der Waals surface area contributed by atoms with Crippen LogP contribution in [0.5, 0.6) is 11.5 Å². The Morgan fingerprint density at radius 1 is 1.21 bits per heavy atom. The molecule has 154 valence electrons. The molecule has 1 aliphatic rings. The number of hydrogen-bond acceptors (Lipinski definition) is 5. The zero-order chi connectivity index (χ0) is 19.1. The van der Waals surface area contributed by atoms with Gasteiger partial charge in [0.05, 0.1) is 14.2 Å². The van der Waals surface area contributed by atoms with Gasteiger partial charge in [-0.15, -0.1) is 35.3 Å². The summed E-state index contributed by atoms with van der Waals surface area (Å²) in [6, 6.07) is 8.08. The number of nitrogens with zero attached hydrogens (tertiary/aromatic N) is 2. The molecule has 0 aliphatic carbocycles. The summed E-state index contributed by atoms with van der Waals surface area (Å²) in [6.07, 6.45) is 1.16. The smallest absolute Gasteiger partial charge is 0.191 e. The normalized spacial score (nSPS) is 14.0. The van der Waals surface area contributed by atoms with E-state index in [9.17, 15) is 0 Å². The SMILES string of the molecule is CN=C(NCCN1CCc2sccc2C1)NCc1ccc(OC)cc1OC.I. The zero-order valence-corrected chi connectivity index (χ0v) is 19.8. The maximum atomic E-state index is 5.45. The summed E-state index contributed by atoms with van der Waals surface area (Å²) >= 11 is 1.88. The van der Waals surface area contributed by atoms with Crippen LogP contribution >= 0.6 is 35.3 Å². The molecule has 2 N–H and O–H groups in total. The fourth-order valence-electron chi connectivity index (χ4n) is 3.23. The summed E-state index contributed by atoms with van der Waals surface area (Å²) in [6.45, 7) is 4.68. The fraction of sp³-hybridized carbons (Fsp3) is 0.450. The van der Waals surface area contributed by atoms with E-state index in [-0.39, 0.29) is 24.0 Å². The summed E-state index contributed by atoms with van der Waals surface area (Å²) in [5.41, 5.74) is 2.54. The van der Waals surface area contributed by atoms with E-state index in [0.29, 0.717) is 6.54 Å². The van der Waals surface area contributed by atoms with E-state index >= 15 is 0 Å². The van der Waals surface area contributed by atoms with E-state index in [1.165, 1.54) is 5.56 Å². The fourth-order valence-corrected chi connectivity index (χ4v) is 4.12. The number of fused-ring (bicyclic) bond motifs is 1. The predicted octanol–water partition coefficient (Wildman–Crippen LogP) is 3.11. The molecular formula is C20H29IN4O2S. The standard InChI is InChI=1S/C20H28N4O2S.HI/c1-21-20(23-13-15-4-5-17(25-2)12-18(15)26-3)22-8-10-24-9-6-19-16(14-24)7-11-27-19;/h4-5,7,11-12H,6,8-10,13-14H2,1-3H3,(H2,21,22,23);1H. The van der Waals surface area contributed by atoms with Crippen LogP contribution in [0.3, 0.4) is 0 Å². The van der Waals surface area contributed by atoms with Crippen molar-refractivity contribution in [2.24, 2.45) is 4.99 Å². The Balaban J connectivity index is 0.00000280. The lowest BCUT2D eigenvalue weighted by molar-refractivity contribution is 0.260. The molecule has 0 spiro atoms. The van der Waals surface area contributed by atoms with Crippen molar-refractivity contribution in [3.8, 4) is 11.5 Å². The minimum atomic E-state index is 0. The minimum absolute atomic E-state index is 0. The molecule has 3 rings (SSSR count). The van der Waals surface area contributed by atoms with Crippen molar-refractivity contribution in [3.05, 3.63) is 45.6 Å². The largest absolute Gasteiger partial charge is 0.497 e. The average molecular weight is 516 g/mol. The lowest BCUT2D eigenvalue weighted by Gasteiger charge is -2.27. The maximum Gasteiger partial charge on any atom is 0.191 e. The Hall–Kier alpha value is -1.52. The molecule has 2 heterocycles. The number of hydrogen-bond donors (Lipinski definition) is 2. The zero-order valence-electron chi connectivity index (χ0n) is 16.7. The monoisotopic (exact) mass is 516 g/mol. The van der Waals surface area contributed by atoms with Gasteiger partial charge in [0.2, 0.25) is 0 Å². The van der Waals surface area contributed by atoms with Gasteiger partial charge in [0.15, 0.2) is 5.96 Å². The van der Waals surface area contributed by atoms with Gasteiger partial charge in [-0.05, 0) is 35.6 Å². The number of aliphatic imine (C=N–C) groups is 1. The van der Waals surface area contributed by atoms with Crippen LogP contribution in [0.1, 0.15) is 16.0 Å². The Morgan fingerprint density at radius 2 is 2.07 bits per heavy atom. The van der Waals surface area contributed by atoms with Crippen LogP contribution < -0.4 is 20.1 Å². The third kappa shape index (κ3) is 5.99. The molecule has 0 saturated carbocycles. The molecule has 0 bridgehead atoms. The molecule has 0 fully saturated rings. The lowest BCUT2D eigenvalue weighted by Crippen LogP contribution is -2.42. The molecule has 1 aromatic carbocycles. The van der Waals surface area contributed by atoms with Crippen LogP contribution in [-0.4, -0.2) is 51.8 Å². The Morgan fingerprint density at radius 3 is 2.82 bits per heavy atom. The molecule has 6 nitrogen and oxygen atoms in total. The number of nitrogens with one attached hydrogen (secondary N) is 2. The molecule has 0 saturated heterocycles. The summed E-state index contributed by atoms with van der Waals surface area (Å²) < 4.78 is 10.7. The minimum Gasteiger partial charge on any atom is -0.497 e. The number of benzene rings is 1. The van der Waals surface area contributed by atoms with E-state index in [1.54, 1.807) is 26.1 Å². The molecule has 0 amide bonds. The van der Waals surface area contributed by atoms with E-state index in [4.69, 9.17) is 9.47 Å². The van der Waals surface area contributed by atoms with Gasteiger partial charge in [0.25, 0.3) is 0 Å². The van der Waals surface area contributed by atoms with Crippen molar-refractivity contribution in [2.45, 2.75) is 19.5 Å². The maximum absolute atomic E-state index is 5.45. The van der Waals surface area contributed by atoms with Gasteiger partial charge in [-0.3, -0.25) is 9.89 Å².